The molecule has 1 aliphatic heterocycles. The number of fused-ring (bicyclic) bond motifs is 1. The number of benzene rings is 2. The molecular formula is C24H27ClN2O3. The van der Waals surface area contributed by atoms with Crippen LogP contribution in [0.2, 0.25) is 5.02 Å². The number of carbonyl (C=O) groups is 1. The number of furan rings is 1. The van der Waals surface area contributed by atoms with E-state index in [2.05, 4.69) is 29.2 Å². The lowest BCUT2D eigenvalue weighted by Gasteiger charge is -2.25. The summed E-state index contributed by atoms with van der Waals surface area (Å²) in [6.07, 6.45) is 2.07. The highest BCUT2D eigenvalue weighted by molar-refractivity contribution is 6.31. The smallest absolute Gasteiger partial charge is 0.290 e. The number of carbonyl (C=O) groups excluding carboxylic acids is 1. The van der Waals surface area contributed by atoms with E-state index in [9.17, 15) is 4.79 Å². The van der Waals surface area contributed by atoms with Crippen LogP contribution in [-0.4, -0.2) is 44.2 Å². The fourth-order valence-corrected chi connectivity index (χ4v) is 4.09. The van der Waals surface area contributed by atoms with Crippen LogP contribution < -0.4 is 4.90 Å². The molecule has 0 N–H and O–H groups in total. The summed E-state index contributed by atoms with van der Waals surface area (Å²) in [5.41, 5.74) is 3.69. The minimum atomic E-state index is -0.119. The fraction of sp³-hybridized carbons (Fsp3) is 0.375. The topological polar surface area (TPSA) is 45.9 Å². The highest BCUT2D eigenvalue weighted by Gasteiger charge is 2.27. The van der Waals surface area contributed by atoms with E-state index in [4.69, 9.17) is 20.8 Å². The minimum absolute atomic E-state index is 0.0640. The Morgan fingerprint density at radius 3 is 2.60 bits per heavy atom. The first-order valence-electron chi connectivity index (χ1n) is 10.3. The van der Waals surface area contributed by atoms with Gasteiger partial charge in [-0.3, -0.25) is 4.79 Å². The fourth-order valence-electron chi connectivity index (χ4n) is 3.91. The highest BCUT2D eigenvalue weighted by Crippen LogP contribution is 2.29. The number of amides is 1. The van der Waals surface area contributed by atoms with Gasteiger partial charge < -0.3 is 19.0 Å². The van der Waals surface area contributed by atoms with E-state index in [-0.39, 0.29) is 12.0 Å². The Labute approximate surface area is 182 Å². The number of anilines is 1. The van der Waals surface area contributed by atoms with E-state index in [0.29, 0.717) is 29.5 Å². The van der Waals surface area contributed by atoms with Gasteiger partial charge in [0.15, 0.2) is 5.76 Å². The van der Waals surface area contributed by atoms with Crippen LogP contribution in [0.3, 0.4) is 0 Å². The first-order chi connectivity index (χ1) is 14.4. The number of aryl methyl sites for hydroxylation is 1. The monoisotopic (exact) mass is 426 g/mol. The lowest BCUT2D eigenvalue weighted by Crippen LogP contribution is -2.37. The molecule has 0 spiro atoms. The molecule has 0 unspecified atom stereocenters. The molecular weight excluding hydrogens is 400 g/mol. The van der Waals surface area contributed by atoms with Crippen molar-refractivity contribution in [3.63, 3.8) is 0 Å². The van der Waals surface area contributed by atoms with Gasteiger partial charge in [0.2, 0.25) is 0 Å². The van der Waals surface area contributed by atoms with E-state index < -0.39 is 0 Å². The molecule has 1 aromatic heterocycles. The molecule has 0 saturated carbocycles. The molecule has 1 saturated heterocycles. The first-order valence-corrected chi connectivity index (χ1v) is 10.7. The quantitative estimate of drug-likeness (QED) is 0.537. The van der Waals surface area contributed by atoms with Crippen LogP contribution in [0, 0.1) is 6.92 Å². The highest BCUT2D eigenvalue weighted by atomic mass is 35.5. The molecule has 5 nitrogen and oxygen atoms in total. The van der Waals surface area contributed by atoms with Crippen molar-refractivity contribution in [3.05, 3.63) is 64.4 Å². The second-order valence-electron chi connectivity index (χ2n) is 8.08. The molecule has 2 heterocycles. The standard InChI is InChI=1S/C24H27ClN2O3/c1-16-21-13-18(25)8-11-22(21)30-23(16)24(28)27(15-20-5-4-12-29-20)14-17-6-9-19(10-7-17)26(2)3/h6-11,13,20H,4-5,12,14-15H2,1-3H3/t20-/m1/s1. The zero-order valence-corrected chi connectivity index (χ0v) is 18.4. The Morgan fingerprint density at radius 1 is 1.17 bits per heavy atom. The number of rotatable bonds is 6. The van der Waals surface area contributed by atoms with Crippen LogP contribution in [0.4, 0.5) is 5.69 Å². The average Bonchev–Trinajstić information content (AvgIpc) is 3.35. The van der Waals surface area contributed by atoms with Gasteiger partial charge in [-0.25, -0.2) is 0 Å². The first kappa shape index (κ1) is 20.8. The maximum atomic E-state index is 13.5. The molecule has 3 aromatic rings. The van der Waals surface area contributed by atoms with Gasteiger partial charge in [-0.05, 0) is 55.7 Å². The van der Waals surface area contributed by atoms with Crippen molar-refractivity contribution in [1.82, 2.24) is 4.90 Å². The summed E-state index contributed by atoms with van der Waals surface area (Å²) in [5.74, 6) is 0.252. The van der Waals surface area contributed by atoms with Crippen molar-refractivity contribution in [2.24, 2.45) is 0 Å². The van der Waals surface area contributed by atoms with Crippen LogP contribution >= 0.6 is 11.6 Å². The second-order valence-corrected chi connectivity index (χ2v) is 8.51. The zero-order chi connectivity index (χ0) is 21.3. The summed E-state index contributed by atoms with van der Waals surface area (Å²) >= 11 is 6.14. The van der Waals surface area contributed by atoms with Crippen LogP contribution in [0.1, 0.15) is 34.5 Å². The number of hydrogen-bond acceptors (Lipinski definition) is 4. The maximum absolute atomic E-state index is 13.5. The molecule has 6 heteroatoms. The molecule has 4 rings (SSSR count). The van der Waals surface area contributed by atoms with Crippen molar-refractivity contribution in [2.45, 2.75) is 32.4 Å². The minimum Gasteiger partial charge on any atom is -0.451 e. The van der Waals surface area contributed by atoms with Gasteiger partial charge >= 0.3 is 0 Å². The molecule has 0 radical (unpaired) electrons. The van der Waals surface area contributed by atoms with Crippen LogP contribution in [0.5, 0.6) is 0 Å². The van der Waals surface area contributed by atoms with E-state index >= 15 is 0 Å². The van der Waals surface area contributed by atoms with E-state index in [1.165, 1.54) is 0 Å². The van der Waals surface area contributed by atoms with Gasteiger partial charge in [0, 0.05) is 55.5 Å². The molecule has 158 valence electrons. The van der Waals surface area contributed by atoms with Crippen molar-refractivity contribution >= 4 is 34.2 Å². The second kappa shape index (κ2) is 8.70. The van der Waals surface area contributed by atoms with Crippen LogP contribution in [0.25, 0.3) is 11.0 Å². The van der Waals surface area contributed by atoms with Crippen molar-refractivity contribution in [1.29, 1.82) is 0 Å². The Hall–Kier alpha value is -2.50. The summed E-state index contributed by atoms with van der Waals surface area (Å²) in [4.78, 5) is 17.4. The third-order valence-electron chi connectivity index (χ3n) is 5.65. The number of nitrogens with zero attached hydrogens (tertiary/aromatic N) is 2. The van der Waals surface area contributed by atoms with Gasteiger partial charge in [-0.2, -0.15) is 0 Å². The summed E-state index contributed by atoms with van der Waals surface area (Å²) < 4.78 is 11.8. The van der Waals surface area contributed by atoms with Crippen LogP contribution in [0.15, 0.2) is 46.9 Å². The molecule has 0 aliphatic carbocycles. The molecule has 1 amide bonds. The van der Waals surface area contributed by atoms with E-state index in [0.717, 1.165) is 41.6 Å². The zero-order valence-electron chi connectivity index (χ0n) is 17.7. The van der Waals surface area contributed by atoms with Crippen molar-refractivity contribution in [2.75, 3.05) is 32.1 Å². The Morgan fingerprint density at radius 2 is 1.93 bits per heavy atom. The van der Waals surface area contributed by atoms with Gasteiger partial charge in [0.25, 0.3) is 5.91 Å². The number of hydrogen-bond donors (Lipinski definition) is 0. The molecule has 1 aliphatic rings. The van der Waals surface area contributed by atoms with Crippen molar-refractivity contribution in [3.8, 4) is 0 Å². The molecule has 1 fully saturated rings. The molecule has 1 atom stereocenters. The predicted octanol–water partition coefficient (Wildman–Crippen LogP) is 5.28. The molecule has 0 bridgehead atoms. The molecule has 2 aromatic carbocycles. The largest absolute Gasteiger partial charge is 0.451 e. The Kier molecular flexibility index (Phi) is 6.02. The lowest BCUT2D eigenvalue weighted by molar-refractivity contribution is 0.0485. The predicted molar refractivity (Wildman–Crippen MR) is 120 cm³/mol. The number of halogens is 1. The molecule has 30 heavy (non-hydrogen) atoms. The Balaban J connectivity index is 1.63. The van der Waals surface area contributed by atoms with Gasteiger partial charge in [0.05, 0.1) is 6.10 Å². The van der Waals surface area contributed by atoms with E-state index in [1.807, 2.05) is 38.1 Å². The maximum Gasteiger partial charge on any atom is 0.290 e. The average molecular weight is 427 g/mol. The van der Waals surface area contributed by atoms with Crippen LogP contribution in [-0.2, 0) is 11.3 Å². The summed E-state index contributed by atoms with van der Waals surface area (Å²) in [6, 6.07) is 13.7. The SMILES string of the molecule is Cc1c(C(=O)N(Cc2ccc(N(C)C)cc2)C[C@H]2CCCO2)oc2ccc(Cl)cc12. The number of ether oxygens (including phenoxy) is 1. The van der Waals surface area contributed by atoms with Gasteiger partial charge in [0.1, 0.15) is 5.58 Å². The van der Waals surface area contributed by atoms with Crippen molar-refractivity contribution < 1.29 is 13.9 Å². The van der Waals surface area contributed by atoms with E-state index in [1.54, 1.807) is 6.07 Å². The normalized spacial score (nSPS) is 16.2. The summed E-state index contributed by atoms with van der Waals surface area (Å²) in [7, 11) is 4.03. The third kappa shape index (κ3) is 4.32. The summed E-state index contributed by atoms with van der Waals surface area (Å²) in [5, 5.41) is 1.50. The summed E-state index contributed by atoms with van der Waals surface area (Å²) in [6.45, 7) is 3.72. The Bertz CT molecular complexity index is 1040. The van der Waals surface area contributed by atoms with Gasteiger partial charge in [-0.15, -0.1) is 0 Å². The third-order valence-corrected chi connectivity index (χ3v) is 5.89. The lowest BCUT2D eigenvalue weighted by atomic mass is 10.1. The van der Waals surface area contributed by atoms with Gasteiger partial charge in [-0.1, -0.05) is 23.7 Å².